The Kier molecular flexibility index (Phi) is 3.09. The van der Waals surface area contributed by atoms with Crippen molar-refractivity contribution < 1.29 is 5.11 Å². The highest BCUT2D eigenvalue weighted by Crippen LogP contribution is 2.12. The van der Waals surface area contributed by atoms with Crippen LogP contribution in [0.2, 0.25) is 0 Å². The highest BCUT2D eigenvalue weighted by molar-refractivity contribution is 4.81. The van der Waals surface area contributed by atoms with E-state index in [-0.39, 0.29) is 11.6 Å². The van der Waals surface area contributed by atoms with E-state index in [0.29, 0.717) is 0 Å². The van der Waals surface area contributed by atoms with E-state index in [9.17, 15) is 5.11 Å². The van der Waals surface area contributed by atoms with Crippen LogP contribution in [0.1, 0.15) is 26.7 Å². The maximum atomic E-state index is 9.39. The van der Waals surface area contributed by atoms with E-state index in [0.717, 1.165) is 32.5 Å². The minimum atomic E-state index is -0.142. The van der Waals surface area contributed by atoms with Gasteiger partial charge in [-0.05, 0) is 33.2 Å². The van der Waals surface area contributed by atoms with E-state index in [1.54, 1.807) is 0 Å². The summed E-state index contributed by atoms with van der Waals surface area (Å²) < 4.78 is 0. The van der Waals surface area contributed by atoms with Gasteiger partial charge >= 0.3 is 0 Å². The Morgan fingerprint density at radius 1 is 1.58 bits per heavy atom. The number of hydrogen-bond donors (Lipinski definition) is 2. The summed E-state index contributed by atoms with van der Waals surface area (Å²) in [6.45, 7) is 6.80. The second-order valence-electron chi connectivity index (χ2n) is 4.52. The lowest BCUT2D eigenvalue weighted by atomic mass is 10.0. The summed E-state index contributed by atoms with van der Waals surface area (Å²) in [4.78, 5) is 2.24. The van der Waals surface area contributed by atoms with Crippen molar-refractivity contribution >= 4 is 0 Å². The molecule has 1 aliphatic heterocycles. The Bertz CT molecular complexity index is 142. The lowest BCUT2D eigenvalue weighted by Gasteiger charge is -2.34. The lowest BCUT2D eigenvalue weighted by Crippen LogP contribution is -2.49. The summed E-state index contributed by atoms with van der Waals surface area (Å²) in [5.74, 6) is 0. The van der Waals surface area contributed by atoms with Gasteiger partial charge in [-0.25, -0.2) is 0 Å². The van der Waals surface area contributed by atoms with Gasteiger partial charge in [-0.3, -0.25) is 4.90 Å². The lowest BCUT2D eigenvalue weighted by molar-refractivity contribution is 0.0616. The summed E-state index contributed by atoms with van der Waals surface area (Å²) in [6.07, 6.45) is 1.90. The van der Waals surface area contributed by atoms with Crippen molar-refractivity contribution in [3.05, 3.63) is 0 Å². The zero-order chi connectivity index (χ0) is 9.19. The molecule has 1 rings (SSSR count). The third-order valence-electron chi connectivity index (χ3n) is 2.11. The molecule has 0 saturated carbocycles. The molecule has 1 aliphatic rings. The molecule has 0 amide bonds. The fourth-order valence-corrected chi connectivity index (χ4v) is 1.75. The average molecular weight is 172 g/mol. The predicted octanol–water partition coefficient (Wildman–Crippen LogP) is 0.180. The molecule has 1 unspecified atom stereocenters. The molecule has 1 atom stereocenters. The highest BCUT2D eigenvalue weighted by Gasteiger charge is 2.22. The molecule has 72 valence electrons. The minimum Gasteiger partial charge on any atom is -0.392 e. The number of piperidine rings is 1. The number of aliphatic hydroxyl groups excluding tert-OH is 1. The largest absolute Gasteiger partial charge is 0.392 e. The number of rotatable bonds is 2. The number of nitrogens with zero attached hydrogens (tertiary/aromatic N) is 1. The predicted molar refractivity (Wildman–Crippen MR) is 49.9 cm³/mol. The Morgan fingerprint density at radius 3 is 2.75 bits per heavy atom. The fraction of sp³-hybridized carbons (Fsp3) is 1.00. The van der Waals surface area contributed by atoms with Crippen molar-refractivity contribution in [3.8, 4) is 0 Å². The average Bonchev–Trinajstić information content (AvgIpc) is 1.82. The Morgan fingerprint density at radius 2 is 2.25 bits per heavy atom. The van der Waals surface area contributed by atoms with Gasteiger partial charge in [0.2, 0.25) is 0 Å². The molecule has 12 heavy (non-hydrogen) atoms. The zero-order valence-corrected chi connectivity index (χ0v) is 8.08. The number of hydrogen-bond acceptors (Lipinski definition) is 3. The van der Waals surface area contributed by atoms with Gasteiger partial charge in [-0.1, -0.05) is 0 Å². The summed E-state index contributed by atoms with van der Waals surface area (Å²) in [5.41, 5.74) is 5.75. The van der Waals surface area contributed by atoms with Gasteiger partial charge in [0.1, 0.15) is 0 Å². The van der Waals surface area contributed by atoms with Crippen LogP contribution in [0.5, 0.6) is 0 Å². The highest BCUT2D eigenvalue weighted by atomic mass is 16.3. The Balaban J connectivity index is 2.32. The van der Waals surface area contributed by atoms with Crippen molar-refractivity contribution in [3.63, 3.8) is 0 Å². The quantitative estimate of drug-likeness (QED) is 0.625. The molecule has 0 aromatic carbocycles. The molecule has 0 aromatic heterocycles. The van der Waals surface area contributed by atoms with Gasteiger partial charge in [-0.2, -0.15) is 0 Å². The van der Waals surface area contributed by atoms with E-state index in [4.69, 9.17) is 5.73 Å². The normalized spacial score (nSPS) is 27.5. The monoisotopic (exact) mass is 172 g/mol. The molecule has 1 saturated heterocycles. The molecule has 0 bridgehead atoms. The van der Waals surface area contributed by atoms with Gasteiger partial charge in [0, 0.05) is 18.6 Å². The van der Waals surface area contributed by atoms with E-state index in [2.05, 4.69) is 4.90 Å². The van der Waals surface area contributed by atoms with Crippen LogP contribution >= 0.6 is 0 Å². The first-order valence-electron chi connectivity index (χ1n) is 4.67. The smallest absolute Gasteiger partial charge is 0.0667 e. The van der Waals surface area contributed by atoms with E-state index in [1.165, 1.54) is 0 Å². The standard InChI is InChI=1S/C9H20N2O/c1-9(2,10)7-11-5-3-4-8(12)6-11/h8,12H,3-7,10H2,1-2H3. The van der Waals surface area contributed by atoms with Gasteiger partial charge in [-0.15, -0.1) is 0 Å². The number of aliphatic hydroxyl groups is 1. The van der Waals surface area contributed by atoms with Crippen molar-refractivity contribution in [1.29, 1.82) is 0 Å². The summed E-state index contributed by atoms with van der Waals surface area (Å²) in [5, 5.41) is 9.39. The SMILES string of the molecule is CC(C)(N)CN1CCCC(O)C1. The topological polar surface area (TPSA) is 49.5 Å². The first-order chi connectivity index (χ1) is 5.47. The van der Waals surface area contributed by atoms with Crippen LogP contribution < -0.4 is 5.73 Å². The van der Waals surface area contributed by atoms with Gasteiger partial charge in [0.05, 0.1) is 6.10 Å². The van der Waals surface area contributed by atoms with Crippen LogP contribution in [-0.2, 0) is 0 Å². The first-order valence-corrected chi connectivity index (χ1v) is 4.67. The van der Waals surface area contributed by atoms with Crippen LogP contribution in [-0.4, -0.2) is 41.3 Å². The first kappa shape index (κ1) is 9.96. The molecule has 3 N–H and O–H groups in total. The van der Waals surface area contributed by atoms with Crippen molar-refractivity contribution in [2.75, 3.05) is 19.6 Å². The number of β-amino-alcohol motifs (C(OH)–C–C–N with tert-alkyl or cyclic N) is 1. The maximum absolute atomic E-state index is 9.39. The molecule has 0 aromatic rings. The summed E-state index contributed by atoms with van der Waals surface area (Å²) in [7, 11) is 0. The van der Waals surface area contributed by atoms with Gasteiger partial charge in [0.25, 0.3) is 0 Å². The minimum absolute atomic E-state index is 0.138. The van der Waals surface area contributed by atoms with E-state index in [1.807, 2.05) is 13.8 Å². The van der Waals surface area contributed by atoms with Crippen molar-refractivity contribution in [2.45, 2.75) is 38.3 Å². The second kappa shape index (κ2) is 3.73. The zero-order valence-electron chi connectivity index (χ0n) is 8.08. The summed E-state index contributed by atoms with van der Waals surface area (Å²) in [6, 6.07) is 0. The third-order valence-corrected chi connectivity index (χ3v) is 2.11. The van der Waals surface area contributed by atoms with Crippen LogP contribution in [0, 0.1) is 0 Å². The maximum Gasteiger partial charge on any atom is 0.0667 e. The molecule has 0 radical (unpaired) electrons. The van der Waals surface area contributed by atoms with Crippen LogP contribution in [0.3, 0.4) is 0 Å². The fourth-order valence-electron chi connectivity index (χ4n) is 1.75. The van der Waals surface area contributed by atoms with Crippen LogP contribution in [0.4, 0.5) is 0 Å². The summed E-state index contributed by atoms with van der Waals surface area (Å²) >= 11 is 0. The molecule has 3 nitrogen and oxygen atoms in total. The molecule has 1 fully saturated rings. The number of nitrogens with two attached hydrogens (primary N) is 1. The van der Waals surface area contributed by atoms with E-state index < -0.39 is 0 Å². The molecule has 3 heteroatoms. The molecule has 0 aliphatic carbocycles. The second-order valence-corrected chi connectivity index (χ2v) is 4.52. The van der Waals surface area contributed by atoms with Gasteiger partial charge < -0.3 is 10.8 Å². The Hall–Kier alpha value is -0.120. The molecule has 1 heterocycles. The molecular formula is C9H20N2O. The molecular weight excluding hydrogens is 152 g/mol. The number of likely N-dealkylation sites (tertiary alicyclic amines) is 1. The van der Waals surface area contributed by atoms with Crippen molar-refractivity contribution in [1.82, 2.24) is 4.90 Å². The molecule has 0 spiro atoms. The van der Waals surface area contributed by atoms with Crippen molar-refractivity contribution in [2.24, 2.45) is 5.73 Å². The third kappa shape index (κ3) is 3.52. The van der Waals surface area contributed by atoms with Gasteiger partial charge in [0.15, 0.2) is 0 Å². The van der Waals surface area contributed by atoms with Crippen LogP contribution in [0.15, 0.2) is 0 Å². The van der Waals surface area contributed by atoms with Crippen LogP contribution in [0.25, 0.3) is 0 Å². The Labute approximate surface area is 74.5 Å². The van der Waals surface area contributed by atoms with E-state index >= 15 is 0 Å².